The van der Waals surface area contributed by atoms with Crippen molar-refractivity contribution >= 4 is 22.4 Å². The highest BCUT2D eigenvalue weighted by Gasteiger charge is 2.23. The van der Waals surface area contributed by atoms with Crippen molar-refractivity contribution in [1.82, 2.24) is 9.97 Å². The van der Waals surface area contributed by atoms with E-state index in [1.54, 1.807) is 14.2 Å². The first kappa shape index (κ1) is 22.0. The predicted octanol–water partition coefficient (Wildman–Crippen LogP) is 5.26. The van der Waals surface area contributed by atoms with Crippen molar-refractivity contribution < 1.29 is 9.47 Å². The van der Waals surface area contributed by atoms with Crippen LogP contribution in [0.2, 0.25) is 0 Å². The van der Waals surface area contributed by atoms with Gasteiger partial charge in [0.1, 0.15) is 5.82 Å². The molecular formula is C28H30N4O2. The van der Waals surface area contributed by atoms with Crippen molar-refractivity contribution in [1.29, 1.82) is 0 Å². The van der Waals surface area contributed by atoms with Gasteiger partial charge in [0.2, 0.25) is 0 Å². The van der Waals surface area contributed by atoms with Gasteiger partial charge in [-0.1, -0.05) is 42.5 Å². The summed E-state index contributed by atoms with van der Waals surface area (Å²) in [6.07, 6.45) is 0. The van der Waals surface area contributed by atoms with Gasteiger partial charge in [-0.05, 0) is 37.1 Å². The molecule has 6 heteroatoms. The fraction of sp³-hybridized carbons (Fsp3) is 0.286. The van der Waals surface area contributed by atoms with Crippen LogP contribution in [0.3, 0.4) is 0 Å². The number of aromatic nitrogens is 2. The summed E-state index contributed by atoms with van der Waals surface area (Å²) in [5.41, 5.74) is 5.85. The zero-order chi connectivity index (χ0) is 23.7. The van der Waals surface area contributed by atoms with E-state index in [1.807, 2.05) is 42.5 Å². The third-order valence-corrected chi connectivity index (χ3v) is 6.71. The Labute approximate surface area is 200 Å². The smallest absolute Gasteiger partial charge is 0.162 e. The number of rotatable bonds is 5. The van der Waals surface area contributed by atoms with Crippen LogP contribution in [-0.4, -0.2) is 50.4 Å². The highest BCUT2D eigenvalue weighted by atomic mass is 16.5. The lowest BCUT2D eigenvalue weighted by molar-refractivity contribution is 0.356. The molecule has 4 aromatic rings. The van der Waals surface area contributed by atoms with E-state index in [4.69, 9.17) is 19.4 Å². The number of hydrogen-bond donors (Lipinski definition) is 0. The Morgan fingerprint density at radius 2 is 1.41 bits per heavy atom. The Hall–Kier alpha value is -3.80. The van der Waals surface area contributed by atoms with Crippen molar-refractivity contribution in [2.75, 3.05) is 50.2 Å². The molecule has 0 unspecified atom stereocenters. The number of aryl methyl sites for hydroxylation is 1. The average Bonchev–Trinajstić information content (AvgIpc) is 2.89. The molecule has 34 heavy (non-hydrogen) atoms. The molecule has 1 fully saturated rings. The summed E-state index contributed by atoms with van der Waals surface area (Å²) in [7, 11) is 3.31. The van der Waals surface area contributed by atoms with E-state index >= 15 is 0 Å². The van der Waals surface area contributed by atoms with E-state index in [2.05, 4.69) is 41.8 Å². The van der Waals surface area contributed by atoms with Crippen LogP contribution in [0.15, 0.2) is 60.7 Å². The van der Waals surface area contributed by atoms with E-state index in [0.717, 1.165) is 48.5 Å². The molecule has 0 atom stereocenters. The number of benzene rings is 3. The van der Waals surface area contributed by atoms with Gasteiger partial charge in [0.25, 0.3) is 0 Å². The lowest BCUT2D eigenvalue weighted by atomic mass is 10.1. The molecule has 1 aromatic heterocycles. The molecule has 0 amide bonds. The fourth-order valence-corrected chi connectivity index (χ4v) is 4.63. The first-order valence-electron chi connectivity index (χ1n) is 11.6. The second-order valence-corrected chi connectivity index (χ2v) is 8.65. The molecular weight excluding hydrogens is 424 g/mol. The molecule has 1 saturated heterocycles. The molecule has 1 aliphatic heterocycles. The van der Waals surface area contributed by atoms with E-state index in [-0.39, 0.29) is 0 Å². The highest BCUT2D eigenvalue weighted by Crippen LogP contribution is 2.37. The first-order chi connectivity index (χ1) is 16.6. The summed E-state index contributed by atoms with van der Waals surface area (Å²) in [6, 6.07) is 20.6. The van der Waals surface area contributed by atoms with Gasteiger partial charge in [0, 0.05) is 48.9 Å². The topological polar surface area (TPSA) is 50.7 Å². The monoisotopic (exact) mass is 454 g/mol. The van der Waals surface area contributed by atoms with E-state index in [1.165, 1.54) is 16.8 Å². The summed E-state index contributed by atoms with van der Waals surface area (Å²) >= 11 is 0. The molecule has 174 valence electrons. The van der Waals surface area contributed by atoms with Crippen molar-refractivity contribution in [2.24, 2.45) is 0 Å². The molecule has 0 radical (unpaired) electrons. The van der Waals surface area contributed by atoms with Crippen LogP contribution in [0.5, 0.6) is 11.5 Å². The molecule has 0 spiro atoms. The Kier molecular flexibility index (Phi) is 5.97. The number of hydrogen-bond acceptors (Lipinski definition) is 6. The van der Waals surface area contributed by atoms with Gasteiger partial charge in [0.05, 0.1) is 19.7 Å². The minimum Gasteiger partial charge on any atom is -0.493 e. The first-order valence-corrected chi connectivity index (χ1v) is 11.6. The molecule has 0 saturated carbocycles. The number of methoxy groups -OCH3 is 2. The summed E-state index contributed by atoms with van der Waals surface area (Å²) in [5.74, 6) is 3.00. The van der Waals surface area contributed by atoms with Gasteiger partial charge in [-0.3, -0.25) is 0 Å². The van der Waals surface area contributed by atoms with Crippen molar-refractivity contribution in [3.63, 3.8) is 0 Å². The third-order valence-electron chi connectivity index (χ3n) is 6.71. The standard InChI is InChI=1S/C28H30N4O2/c1-19-9-8-12-24(20(19)2)31-13-15-32(16-14-31)28-22-17-25(33-3)26(34-4)18-23(22)29-27(30-28)21-10-6-5-7-11-21/h5-12,17-18H,13-16H2,1-4H3. The zero-order valence-corrected chi connectivity index (χ0v) is 20.2. The van der Waals surface area contributed by atoms with E-state index in [9.17, 15) is 0 Å². The minimum absolute atomic E-state index is 0.665. The third kappa shape index (κ3) is 4.00. The number of piperazine rings is 1. The Morgan fingerprint density at radius 3 is 2.12 bits per heavy atom. The zero-order valence-electron chi connectivity index (χ0n) is 20.2. The normalized spacial score (nSPS) is 13.9. The van der Waals surface area contributed by atoms with E-state index < -0.39 is 0 Å². The molecule has 0 N–H and O–H groups in total. The maximum absolute atomic E-state index is 5.59. The molecule has 3 aromatic carbocycles. The summed E-state index contributed by atoms with van der Waals surface area (Å²) in [4.78, 5) is 14.8. The maximum atomic E-state index is 5.59. The molecule has 5 rings (SSSR count). The Bertz CT molecular complexity index is 1320. The predicted molar refractivity (Wildman–Crippen MR) is 138 cm³/mol. The van der Waals surface area contributed by atoms with Gasteiger partial charge in [-0.25, -0.2) is 9.97 Å². The Balaban J connectivity index is 1.54. The molecule has 6 nitrogen and oxygen atoms in total. The SMILES string of the molecule is COc1cc2nc(-c3ccccc3)nc(N3CCN(c4cccc(C)c4C)CC3)c2cc1OC. The molecule has 0 bridgehead atoms. The second kappa shape index (κ2) is 9.21. The van der Waals surface area contributed by atoms with E-state index in [0.29, 0.717) is 17.3 Å². The van der Waals surface area contributed by atoms with Gasteiger partial charge < -0.3 is 19.3 Å². The molecule has 0 aliphatic carbocycles. The van der Waals surface area contributed by atoms with Crippen molar-refractivity contribution in [3.8, 4) is 22.9 Å². The molecule has 2 heterocycles. The van der Waals surface area contributed by atoms with Gasteiger partial charge >= 0.3 is 0 Å². The second-order valence-electron chi connectivity index (χ2n) is 8.65. The van der Waals surface area contributed by atoms with Crippen LogP contribution < -0.4 is 19.3 Å². The van der Waals surface area contributed by atoms with Crippen LogP contribution in [0.25, 0.3) is 22.3 Å². The summed E-state index contributed by atoms with van der Waals surface area (Å²) < 4.78 is 11.1. The van der Waals surface area contributed by atoms with Crippen molar-refractivity contribution in [3.05, 3.63) is 71.8 Å². The van der Waals surface area contributed by atoms with Crippen LogP contribution in [0, 0.1) is 13.8 Å². The van der Waals surface area contributed by atoms with Gasteiger partial charge in [0.15, 0.2) is 17.3 Å². The van der Waals surface area contributed by atoms with Crippen LogP contribution in [0.4, 0.5) is 11.5 Å². The van der Waals surface area contributed by atoms with Crippen LogP contribution in [-0.2, 0) is 0 Å². The Morgan fingerprint density at radius 1 is 0.735 bits per heavy atom. The van der Waals surface area contributed by atoms with Crippen molar-refractivity contribution in [2.45, 2.75) is 13.8 Å². The quantitative estimate of drug-likeness (QED) is 0.410. The lowest BCUT2D eigenvalue weighted by Gasteiger charge is -2.38. The minimum atomic E-state index is 0.665. The number of nitrogens with zero attached hydrogens (tertiary/aromatic N) is 4. The maximum Gasteiger partial charge on any atom is 0.162 e. The lowest BCUT2D eigenvalue weighted by Crippen LogP contribution is -2.47. The molecule has 1 aliphatic rings. The van der Waals surface area contributed by atoms with Gasteiger partial charge in [-0.15, -0.1) is 0 Å². The number of ether oxygens (including phenoxy) is 2. The fourth-order valence-electron chi connectivity index (χ4n) is 4.63. The highest BCUT2D eigenvalue weighted by molar-refractivity contribution is 5.93. The number of anilines is 2. The van der Waals surface area contributed by atoms with Crippen LogP contribution >= 0.6 is 0 Å². The van der Waals surface area contributed by atoms with Gasteiger partial charge in [-0.2, -0.15) is 0 Å². The summed E-state index contributed by atoms with van der Waals surface area (Å²) in [5, 5.41) is 0.970. The summed E-state index contributed by atoms with van der Waals surface area (Å²) in [6.45, 7) is 8.01. The number of fused-ring (bicyclic) bond motifs is 1. The average molecular weight is 455 g/mol. The van der Waals surface area contributed by atoms with Crippen LogP contribution in [0.1, 0.15) is 11.1 Å². The largest absolute Gasteiger partial charge is 0.493 e.